The molecule has 0 fully saturated rings. The minimum absolute atomic E-state index is 0.478. The molecular weight excluding hydrogens is 346 g/mol. The monoisotopic (exact) mass is 367 g/mol. The third kappa shape index (κ3) is 4.53. The van der Waals surface area contributed by atoms with Gasteiger partial charge in [0.2, 0.25) is 0 Å². The van der Waals surface area contributed by atoms with Crippen molar-refractivity contribution in [3.63, 3.8) is 0 Å². The lowest BCUT2D eigenvalue weighted by atomic mass is 10.1. The van der Waals surface area contributed by atoms with E-state index in [-0.39, 0.29) is 0 Å². The van der Waals surface area contributed by atoms with Crippen LogP contribution in [0.3, 0.4) is 0 Å². The first-order chi connectivity index (χ1) is 9.97. The summed E-state index contributed by atoms with van der Waals surface area (Å²) in [6, 6.07) is 6.95. The lowest BCUT2D eigenvalue weighted by molar-refractivity contribution is 0.588. The van der Waals surface area contributed by atoms with Gasteiger partial charge in [-0.25, -0.2) is 4.98 Å². The summed E-state index contributed by atoms with van der Waals surface area (Å²) in [6.45, 7) is 8.18. The predicted molar refractivity (Wildman–Crippen MR) is 95.1 cm³/mol. The fourth-order valence-corrected chi connectivity index (χ4v) is 3.40. The highest BCUT2D eigenvalue weighted by Crippen LogP contribution is 2.26. The summed E-state index contributed by atoms with van der Waals surface area (Å²) in [6.07, 6.45) is 0. The van der Waals surface area contributed by atoms with Crippen LogP contribution in [0.15, 0.2) is 28.2 Å². The Balaban J connectivity index is 2.19. The quantitative estimate of drug-likeness (QED) is 0.822. The lowest BCUT2D eigenvalue weighted by Crippen LogP contribution is -2.24. The zero-order valence-electron chi connectivity index (χ0n) is 13.0. The molecular formula is C16H22BrN3S. The Morgan fingerprint density at radius 3 is 2.76 bits per heavy atom. The van der Waals surface area contributed by atoms with Crippen molar-refractivity contribution < 1.29 is 0 Å². The normalized spacial score (nSPS) is 11.1. The predicted octanol–water partition coefficient (Wildman–Crippen LogP) is 4.35. The SMILES string of the molecule is Cc1ncsc1CN(C)c1ccc(Br)cc1CNC(C)C. The van der Waals surface area contributed by atoms with E-state index in [1.807, 2.05) is 5.51 Å². The molecule has 0 radical (unpaired) electrons. The Bertz CT molecular complexity index is 595. The number of benzene rings is 1. The van der Waals surface area contributed by atoms with Gasteiger partial charge in [0, 0.05) is 34.7 Å². The molecule has 1 aromatic heterocycles. The first-order valence-corrected chi connectivity index (χ1v) is 8.76. The molecule has 2 aromatic rings. The molecule has 0 unspecified atom stereocenters. The van der Waals surface area contributed by atoms with E-state index >= 15 is 0 Å². The summed E-state index contributed by atoms with van der Waals surface area (Å²) in [5, 5.41) is 3.50. The van der Waals surface area contributed by atoms with Crippen LogP contribution in [0.25, 0.3) is 0 Å². The van der Waals surface area contributed by atoms with E-state index in [0.717, 1.165) is 23.3 Å². The number of nitrogens with one attached hydrogen (secondary N) is 1. The fraction of sp³-hybridized carbons (Fsp3) is 0.438. The van der Waals surface area contributed by atoms with Crippen molar-refractivity contribution in [1.29, 1.82) is 0 Å². The minimum atomic E-state index is 0.478. The van der Waals surface area contributed by atoms with Crippen LogP contribution in [0.1, 0.15) is 30.0 Å². The van der Waals surface area contributed by atoms with Crippen LogP contribution in [-0.4, -0.2) is 18.1 Å². The highest BCUT2D eigenvalue weighted by molar-refractivity contribution is 9.10. The average molecular weight is 368 g/mol. The van der Waals surface area contributed by atoms with E-state index in [1.54, 1.807) is 11.3 Å². The Kier molecular flexibility index (Phi) is 5.79. The molecule has 0 aliphatic rings. The third-order valence-electron chi connectivity index (χ3n) is 3.38. The number of hydrogen-bond donors (Lipinski definition) is 1. The van der Waals surface area contributed by atoms with Crippen molar-refractivity contribution in [3.05, 3.63) is 44.3 Å². The number of aryl methyl sites for hydroxylation is 1. The molecule has 0 saturated heterocycles. The van der Waals surface area contributed by atoms with Crippen LogP contribution in [0.4, 0.5) is 5.69 Å². The fourth-order valence-electron chi connectivity index (χ4n) is 2.16. The summed E-state index contributed by atoms with van der Waals surface area (Å²) in [5.74, 6) is 0. The van der Waals surface area contributed by atoms with Gasteiger partial charge in [0.25, 0.3) is 0 Å². The van der Waals surface area contributed by atoms with Crippen molar-refractivity contribution in [3.8, 4) is 0 Å². The molecule has 3 nitrogen and oxygen atoms in total. The van der Waals surface area contributed by atoms with Gasteiger partial charge in [-0.1, -0.05) is 29.8 Å². The van der Waals surface area contributed by atoms with Gasteiger partial charge < -0.3 is 10.2 Å². The molecule has 0 saturated carbocycles. The molecule has 0 amide bonds. The molecule has 0 aliphatic heterocycles. The third-order valence-corrected chi connectivity index (χ3v) is 4.79. The largest absolute Gasteiger partial charge is 0.369 e. The molecule has 1 aromatic carbocycles. The highest BCUT2D eigenvalue weighted by atomic mass is 79.9. The van der Waals surface area contributed by atoms with E-state index in [0.29, 0.717) is 6.04 Å². The second-order valence-electron chi connectivity index (χ2n) is 5.53. The van der Waals surface area contributed by atoms with E-state index in [2.05, 4.69) is 77.1 Å². The van der Waals surface area contributed by atoms with Gasteiger partial charge >= 0.3 is 0 Å². The van der Waals surface area contributed by atoms with Crippen molar-refractivity contribution in [2.24, 2.45) is 0 Å². The van der Waals surface area contributed by atoms with Crippen LogP contribution in [0, 0.1) is 6.92 Å². The van der Waals surface area contributed by atoms with Crippen molar-refractivity contribution >= 4 is 33.0 Å². The van der Waals surface area contributed by atoms with Crippen molar-refractivity contribution in [1.82, 2.24) is 10.3 Å². The molecule has 2 rings (SSSR count). The molecule has 0 atom stereocenters. The molecule has 5 heteroatoms. The number of nitrogens with zero attached hydrogens (tertiary/aromatic N) is 2. The maximum absolute atomic E-state index is 4.33. The van der Waals surface area contributed by atoms with Gasteiger partial charge in [-0.3, -0.25) is 0 Å². The Hall–Kier alpha value is -0.910. The molecule has 114 valence electrons. The minimum Gasteiger partial charge on any atom is -0.369 e. The van der Waals surface area contributed by atoms with Crippen LogP contribution in [0.5, 0.6) is 0 Å². The van der Waals surface area contributed by atoms with E-state index in [1.165, 1.54) is 16.1 Å². The van der Waals surface area contributed by atoms with Gasteiger partial charge in [0.1, 0.15) is 0 Å². The molecule has 1 N–H and O–H groups in total. The lowest BCUT2D eigenvalue weighted by Gasteiger charge is -2.23. The number of rotatable bonds is 6. The average Bonchev–Trinajstić information content (AvgIpc) is 2.82. The first-order valence-electron chi connectivity index (χ1n) is 7.09. The highest BCUT2D eigenvalue weighted by Gasteiger charge is 2.11. The Labute approximate surface area is 139 Å². The summed E-state index contributed by atoms with van der Waals surface area (Å²) in [7, 11) is 2.14. The van der Waals surface area contributed by atoms with Gasteiger partial charge in [-0.15, -0.1) is 11.3 Å². The van der Waals surface area contributed by atoms with Gasteiger partial charge in [-0.2, -0.15) is 0 Å². The Morgan fingerprint density at radius 2 is 2.14 bits per heavy atom. The topological polar surface area (TPSA) is 28.2 Å². The van der Waals surface area contributed by atoms with Crippen molar-refractivity contribution in [2.75, 3.05) is 11.9 Å². The van der Waals surface area contributed by atoms with Gasteiger partial charge in [0.05, 0.1) is 17.7 Å². The summed E-state index contributed by atoms with van der Waals surface area (Å²) in [5.41, 5.74) is 5.62. The molecule has 0 bridgehead atoms. The summed E-state index contributed by atoms with van der Waals surface area (Å²) in [4.78, 5) is 7.95. The molecule has 0 spiro atoms. The number of anilines is 1. The molecule has 0 aliphatic carbocycles. The summed E-state index contributed by atoms with van der Waals surface area (Å²) >= 11 is 5.29. The van der Waals surface area contributed by atoms with Gasteiger partial charge in [0.15, 0.2) is 0 Å². The van der Waals surface area contributed by atoms with Crippen LogP contribution < -0.4 is 10.2 Å². The van der Waals surface area contributed by atoms with E-state index in [9.17, 15) is 0 Å². The second-order valence-corrected chi connectivity index (χ2v) is 7.38. The molecule has 21 heavy (non-hydrogen) atoms. The zero-order chi connectivity index (χ0) is 15.4. The van der Waals surface area contributed by atoms with E-state index < -0.39 is 0 Å². The Morgan fingerprint density at radius 1 is 1.38 bits per heavy atom. The van der Waals surface area contributed by atoms with Crippen LogP contribution in [-0.2, 0) is 13.1 Å². The summed E-state index contributed by atoms with van der Waals surface area (Å²) < 4.78 is 1.12. The van der Waals surface area contributed by atoms with E-state index in [4.69, 9.17) is 0 Å². The standard InChI is InChI=1S/C16H22BrN3S/c1-11(2)18-8-13-7-14(17)5-6-15(13)20(4)9-16-12(3)19-10-21-16/h5-7,10-11,18H,8-9H2,1-4H3. The van der Waals surface area contributed by atoms with Crippen LogP contribution >= 0.6 is 27.3 Å². The maximum Gasteiger partial charge on any atom is 0.0798 e. The number of thiazole rings is 1. The number of hydrogen-bond acceptors (Lipinski definition) is 4. The molecule has 1 heterocycles. The first kappa shape index (κ1) is 16.5. The van der Waals surface area contributed by atoms with Crippen molar-refractivity contribution in [2.45, 2.75) is 39.9 Å². The van der Waals surface area contributed by atoms with Gasteiger partial charge in [-0.05, 0) is 30.7 Å². The maximum atomic E-state index is 4.33. The second kappa shape index (κ2) is 7.38. The smallest absolute Gasteiger partial charge is 0.0798 e. The number of aromatic nitrogens is 1. The van der Waals surface area contributed by atoms with Crippen LogP contribution in [0.2, 0.25) is 0 Å². The number of halogens is 1. The zero-order valence-corrected chi connectivity index (χ0v) is 15.4.